The molecule has 114 valence electrons. The minimum atomic E-state index is -0.316. The van der Waals surface area contributed by atoms with Gasteiger partial charge in [0, 0.05) is 28.5 Å². The van der Waals surface area contributed by atoms with E-state index in [1.165, 1.54) is 6.07 Å². The van der Waals surface area contributed by atoms with E-state index in [1.54, 1.807) is 12.1 Å². The molecule has 5 heteroatoms. The lowest BCUT2D eigenvalue weighted by Gasteiger charge is -2.19. The standard InChI is InChI=1S/C16H20ClFN2O/c17-12-4-2-5-13(18)15(12)10-7-11(10)16(21)20-14-6-1-3-9(14)8-19/h2,4-5,9-11,14H,1,3,6-8,19H2,(H,20,21). The van der Waals surface area contributed by atoms with Crippen molar-refractivity contribution in [3.63, 3.8) is 0 Å². The first-order valence-corrected chi connectivity index (χ1v) is 7.94. The highest BCUT2D eigenvalue weighted by atomic mass is 35.5. The molecule has 3 rings (SSSR count). The molecule has 2 fully saturated rings. The number of hydrogen-bond donors (Lipinski definition) is 2. The fourth-order valence-corrected chi connectivity index (χ4v) is 3.77. The summed E-state index contributed by atoms with van der Waals surface area (Å²) in [5, 5.41) is 3.51. The molecule has 0 heterocycles. The van der Waals surface area contributed by atoms with Crippen LogP contribution in [0.15, 0.2) is 18.2 Å². The molecule has 0 aliphatic heterocycles. The summed E-state index contributed by atoms with van der Waals surface area (Å²) >= 11 is 6.06. The Kier molecular flexibility index (Phi) is 4.18. The number of hydrogen-bond acceptors (Lipinski definition) is 2. The molecule has 2 aliphatic carbocycles. The van der Waals surface area contributed by atoms with E-state index in [0.29, 0.717) is 29.5 Å². The largest absolute Gasteiger partial charge is 0.353 e. The maximum atomic E-state index is 13.9. The van der Waals surface area contributed by atoms with E-state index in [0.717, 1.165) is 19.3 Å². The molecule has 3 N–H and O–H groups in total. The van der Waals surface area contributed by atoms with Crippen LogP contribution in [0.3, 0.4) is 0 Å². The molecule has 0 spiro atoms. The van der Waals surface area contributed by atoms with E-state index in [4.69, 9.17) is 17.3 Å². The average Bonchev–Trinajstić information content (AvgIpc) is 3.10. The van der Waals surface area contributed by atoms with Crippen molar-refractivity contribution < 1.29 is 9.18 Å². The van der Waals surface area contributed by atoms with Crippen molar-refractivity contribution >= 4 is 17.5 Å². The van der Waals surface area contributed by atoms with Crippen LogP contribution >= 0.6 is 11.6 Å². The molecule has 1 aromatic carbocycles. The molecule has 1 aromatic rings. The Bertz CT molecular complexity index is 531. The van der Waals surface area contributed by atoms with Gasteiger partial charge in [-0.1, -0.05) is 24.1 Å². The Morgan fingerprint density at radius 3 is 2.95 bits per heavy atom. The van der Waals surface area contributed by atoms with Crippen LogP contribution in [0.4, 0.5) is 4.39 Å². The summed E-state index contributed by atoms with van der Waals surface area (Å²) in [4.78, 5) is 12.3. The summed E-state index contributed by atoms with van der Waals surface area (Å²) < 4.78 is 13.9. The van der Waals surface area contributed by atoms with Crippen LogP contribution in [0.25, 0.3) is 0 Å². The molecular formula is C16H20ClFN2O. The fraction of sp³-hybridized carbons (Fsp3) is 0.562. The summed E-state index contributed by atoms with van der Waals surface area (Å²) in [6.07, 6.45) is 3.85. The number of nitrogens with two attached hydrogens (primary N) is 1. The molecule has 0 bridgehead atoms. The SMILES string of the molecule is NCC1CCCC1NC(=O)C1CC1c1c(F)cccc1Cl. The van der Waals surface area contributed by atoms with Crippen LogP contribution in [0.5, 0.6) is 0 Å². The van der Waals surface area contributed by atoms with Crippen molar-refractivity contribution in [2.24, 2.45) is 17.6 Å². The molecule has 0 saturated heterocycles. The highest BCUT2D eigenvalue weighted by molar-refractivity contribution is 6.31. The topological polar surface area (TPSA) is 55.1 Å². The number of rotatable bonds is 4. The van der Waals surface area contributed by atoms with Gasteiger partial charge in [-0.2, -0.15) is 0 Å². The van der Waals surface area contributed by atoms with E-state index >= 15 is 0 Å². The van der Waals surface area contributed by atoms with Gasteiger partial charge in [0.05, 0.1) is 0 Å². The quantitative estimate of drug-likeness (QED) is 0.898. The number of nitrogens with one attached hydrogen (secondary N) is 1. The Balaban J connectivity index is 1.64. The van der Waals surface area contributed by atoms with Crippen molar-refractivity contribution in [2.45, 2.75) is 37.6 Å². The predicted molar refractivity (Wildman–Crippen MR) is 80.6 cm³/mol. The Morgan fingerprint density at radius 2 is 2.24 bits per heavy atom. The minimum absolute atomic E-state index is 0.0182. The molecule has 21 heavy (non-hydrogen) atoms. The monoisotopic (exact) mass is 310 g/mol. The number of benzene rings is 1. The third-order valence-corrected chi connectivity index (χ3v) is 5.12. The Hall–Kier alpha value is -1.13. The van der Waals surface area contributed by atoms with Gasteiger partial charge in [-0.15, -0.1) is 0 Å². The van der Waals surface area contributed by atoms with Crippen LogP contribution < -0.4 is 11.1 Å². The number of amides is 1. The van der Waals surface area contributed by atoms with Crippen molar-refractivity contribution in [1.82, 2.24) is 5.32 Å². The fourth-order valence-electron chi connectivity index (χ4n) is 3.47. The first-order chi connectivity index (χ1) is 10.1. The maximum absolute atomic E-state index is 13.9. The third-order valence-electron chi connectivity index (χ3n) is 4.79. The van der Waals surface area contributed by atoms with Crippen LogP contribution in [-0.4, -0.2) is 18.5 Å². The summed E-state index contributed by atoms with van der Waals surface area (Å²) in [5.41, 5.74) is 6.22. The van der Waals surface area contributed by atoms with Crippen LogP contribution in [-0.2, 0) is 4.79 Å². The van der Waals surface area contributed by atoms with Crippen molar-refractivity contribution in [3.8, 4) is 0 Å². The smallest absolute Gasteiger partial charge is 0.223 e. The van der Waals surface area contributed by atoms with Crippen molar-refractivity contribution in [3.05, 3.63) is 34.6 Å². The maximum Gasteiger partial charge on any atom is 0.223 e. The highest BCUT2D eigenvalue weighted by Gasteiger charge is 2.47. The molecule has 0 radical (unpaired) electrons. The van der Waals surface area contributed by atoms with Crippen LogP contribution in [0, 0.1) is 17.7 Å². The second-order valence-electron chi connectivity index (χ2n) is 6.13. The lowest BCUT2D eigenvalue weighted by Crippen LogP contribution is -2.40. The molecule has 4 atom stereocenters. The van der Waals surface area contributed by atoms with E-state index in [9.17, 15) is 9.18 Å². The van der Waals surface area contributed by atoms with E-state index in [-0.39, 0.29) is 29.6 Å². The van der Waals surface area contributed by atoms with Crippen LogP contribution in [0.2, 0.25) is 5.02 Å². The summed E-state index contributed by atoms with van der Waals surface area (Å²) in [6, 6.07) is 4.84. The molecule has 1 amide bonds. The normalized spacial score (nSPS) is 31.2. The highest BCUT2D eigenvalue weighted by Crippen LogP contribution is 2.50. The second kappa shape index (κ2) is 5.93. The summed E-state index contributed by atoms with van der Waals surface area (Å²) in [5.74, 6) is -0.161. The Labute approximate surface area is 129 Å². The lowest BCUT2D eigenvalue weighted by molar-refractivity contribution is -0.123. The van der Waals surface area contributed by atoms with E-state index in [1.807, 2.05) is 0 Å². The Morgan fingerprint density at radius 1 is 1.43 bits per heavy atom. The molecular weight excluding hydrogens is 291 g/mol. The first kappa shape index (κ1) is 14.8. The van der Waals surface area contributed by atoms with Gasteiger partial charge in [0.1, 0.15) is 5.82 Å². The molecule has 4 unspecified atom stereocenters. The van der Waals surface area contributed by atoms with Gasteiger partial charge >= 0.3 is 0 Å². The zero-order valence-corrected chi connectivity index (χ0v) is 12.6. The summed E-state index contributed by atoms with van der Waals surface area (Å²) in [6.45, 7) is 0.609. The lowest BCUT2D eigenvalue weighted by atomic mass is 10.0. The van der Waals surface area contributed by atoms with Gasteiger partial charge in [-0.3, -0.25) is 4.79 Å². The van der Waals surface area contributed by atoms with Crippen LogP contribution in [0.1, 0.15) is 37.2 Å². The van der Waals surface area contributed by atoms with Gasteiger partial charge in [-0.05, 0) is 43.9 Å². The van der Waals surface area contributed by atoms with Gasteiger partial charge < -0.3 is 11.1 Å². The molecule has 3 nitrogen and oxygen atoms in total. The summed E-state index contributed by atoms with van der Waals surface area (Å²) in [7, 11) is 0. The molecule has 2 saturated carbocycles. The third kappa shape index (κ3) is 2.92. The zero-order valence-electron chi connectivity index (χ0n) is 11.8. The second-order valence-corrected chi connectivity index (χ2v) is 6.53. The molecule has 0 aromatic heterocycles. The van der Waals surface area contributed by atoms with Gasteiger partial charge in [0.2, 0.25) is 5.91 Å². The van der Waals surface area contributed by atoms with Gasteiger partial charge in [0.15, 0.2) is 0 Å². The first-order valence-electron chi connectivity index (χ1n) is 7.56. The van der Waals surface area contributed by atoms with Gasteiger partial charge in [0.25, 0.3) is 0 Å². The van der Waals surface area contributed by atoms with Crippen molar-refractivity contribution in [1.29, 1.82) is 0 Å². The van der Waals surface area contributed by atoms with E-state index < -0.39 is 0 Å². The zero-order chi connectivity index (χ0) is 15.0. The minimum Gasteiger partial charge on any atom is -0.353 e. The van der Waals surface area contributed by atoms with Gasteiger partial charge in [-0.25, -0.2) is 4.39 Å². The molecule has 2 aliphatic rings. The number of carbonyl (C=O) groups is 1. The number of halogens is 2. The van der Waals surface area contributed by atoms with Crippen molar-refractivity contribution in [2.75, 3.05) is 6.54 Å². The van der Waals surface area contributed by atoms with E-state index in [2.05, 4.69) is 5.32 Å². The number of carbonyl (C=O) groups excluding carboxylic acids is 1. The predicted octanol–water partition coefficient (Wildman–Crippen LogP) is 2.83. The average molecular weight is 311 g/mol.